The van der Waals surface area contributed by atoms with Gasteiger partial charge in [0.25, 0.3) is 11.8 Å². The number of nitrogens with zero attached hydrogens (tertiary/aromatic N) is 2. The van der Waals surface area contributed by atoms with Crippen molar-refractivity contribution in [3.8, 4) is 22.2 Å². The molecule has 1 aromatic carbocycles. The van der Waals surface area contributed by atoms with Crippen molar-refractivity contribution in [2.24, 2.45) is 0 Å². The standard InChI is InChI=1S/C16H10N2O3S/c1-9-6-7-22-13(9)15-18-17-14(21-15)11-8-10-4-2-3-5-12(10)20-16(11)19/h2-8H,1H3. The topological polar surface area (TPSA) is 69.1 Å². The van der Waals surface area contributed by atoms with Crippen LogP contribution >= 0.6 is 11.3 Å². The minimum Gasteiger partial charge on any atom is -0.422 e. The number of hydrogen-bond acceptors (Lipinski definition) is 6. The summed E-state index contributed by atoms with van der Waals surface area (Å²) in [5.41, 5.74) is 1.37. The van der Waals surface area contributed by atoms with E-state index in [0.29, 0.717) is 11.5 Å². The number of para-hydroxylation sites is 1. The Bertz CT molecular complexity index is 1030. The van der Waals surface area contributed by atoms with Crippen LogP contribution in [0.2, 0.25) is 0 Å². The summed E-state index contributed by atoms with van der Waals surface area (Å²) < 4.78 is 10.9. The first-order valence-corrected chi connectivity index (χ1v) is 7.51. The Kier molecular flexibility index (Phi) is 2.90. The smallest absolute Gasteiger partial charge is 0.349 e. The van der Waals surface area contributed by atoms with E-state index in [-0.39, 0.29) is 11.5 Å². The minimum atomic E-state index is -0.489. The van der Waals surface area contributed by atoms with E-state index < -0.39 is 5.63 Å². The van der Waals surface area contributed by atoms with Gasteiger partial charge in [0, 0.05) is 5.39 Å². The fourth-order valence-corrected chi connectivity index (χ4v) is 3.07. The number of benzene rings is 1. The van der Waals surface area contributed by atoms with E-state index in [1.807, 2.05) is 36.6 Å². The first-order chi connectivity index (χ1) is 10.7. The molecule has 22 heavy (non-hydrogen) atoms. The molecule has 0 spiro atoms. The molecule has 0 aliphatic carbocycles. The van der Waals surface area contributed by atoms with E-state index in [2.05, 4.69) is 10.2 Å². The molecule has 6 heteroatoms. The summed E-state index contributed by atoms with van der Waals surface area (Å²) in [6.45, 7) is 1.97. The molecule has 0 fully saturated rings. The van der Waals surface area contributed by atoms with E-state index in [9.17, 15) is 4.79 Å². The summed E-state index contributed by atoms with van der Waals surface area (Å²) in [6.07, 6.45) is 0. The van der Waals surface area contributed by atoms with Crippen molar-refractivity contribution in [2.75, 3.05) is 0 Å². The first kappa shape index (κ1) is 13.0. The minimum absolute atomic E-state index is 0.169. The average molecular weight is 310 g/mol. The van der Waals surface area contributed by atoms with Crippen LogP contribution < -0.4 is 5.63 Å². The quantitative estimate of drug-likeness (QED) is 0.525. The van der Waals surface area contributed by atoms with Gasteiger partial charge < -0.3 is 8.83 Å². The summed E-state index contributed by atoms with van der Waals surface area (Å²) in [5.74, 6) is 0.581. The monoisotopic (exact) mass is 310 g/mol. The molecule has 3 heterocycles. The van der Waals surface area contributed by atoms with E-state index in [1.54, 1.807) is 12.1 Å². The third kappa shape index (κ3) is 2.05. The van der Waals surface area contributed by atoms with Gasteiger partial charge in [-0.15, -0.1) is 21.5 Å². The van der Waals surface area contributed by atoms with Gasteiger partial charge in [0.2, 0.25) is 0 Å². The van der Waals surface area contributed by atoms with Crippen molar-refractivity contribution < 1.29 is 8.83 Å². The number of aromatic nitrogens is 2. The Balaban J connectivity index is 1.86. The van der Waals surface area contributed by atoms with Gasteiger partial charge in [-0.05, 0) is 36.1 Å². The van der Waals surface area contributed by atoms with Gasteiger partial charge in [-0.25, -0.2) is 4.79 Å². The van der Waals surface area contributed by atoms with Gasteiger partial charge in [0.1, 0.15) is 11.1 Å². The molecule has 4 aromatic rings. The molecule has 4 rings (SSSR count). The van der Waals surface area contributed by atoms with Crippen molar-refractivity contribution in [2.45, 2.75) is 6.92 Å². The Labute approximate surface area is 128 Å². The van der Waals surface area contributed by atoms with Crippen LogP contribution in [0, 0.1) is 6.92 Å². The second-order valence-corrected chi connectivity index (χ2v) is 5.75. The van der Waals surface area contributed by atoms with Crippen LogP contribution in [0.1, 0.15) is 5.56 Å². The Morgan fingerprint density at radius 1 is 1.05 bits per heavy atom. The Hall–Kier alpha value is -2.73. The summed E-state index contributed by atoms with van der Waals surface area (Å²) >= 11 is 1.52. The summed E-state index contributed by atoms with van der Waals surface area (Å²) in [5, 5.41) is 10.8. The van der Waals surface area contributed by atoms with Crippen LogP contribution in [-0.4, -0.2) is 10.2 Å². The highest BCUT2D eigenvalue weighted by molar-refractivity contribution is 7.13. The number of aryl methyl sites for hydroxylation is 1. The average Bonchev–Trinajstić information content (AvgIpc) is 3.15. The molecule has 0 N–H and O–H groups in total. The predicted molar refractivity (Wildman–Crippen MR) is 83.8 cm³/mol. The van der Waals surface area contributed by atoms with Crippen molar-refractivity contribution in [1.29, 1.82) is 0 Å². The highest BCUT2D eigenvalue weighted by Gasteiger charge is 2.17. The number of hydrogen-bond donors (Lipinski definition) is 0. The second-order valence-electron chi connectivity index (χ2n) is 4.83. The molecule has 0 bridgehead atoms. The molecule has 0 aliphatic heterocycles. The SMILES string of the molecule is Cc1ccsc1-c1nnc(-c2cc3ccccc3oc2=O)o1. The third-order valence-corrected chi connectivity index (χ3v) is 4.36. The van der Waals surface area contributed by atoms with Gasteiger partial charge >= 0.3 is 5.63 Å². The summed E-state index contributed by atoms with van der Waals surface area (Å²) in [4.78, 5) is 13.0. The van der Waals surface area contributed by atoms with Gasteiger partial charge in [0.05, 0.1) is 4.88 Å². The third-order valence-electron chi connectivity index (χ3n) is 3.35. The van der Waals surface area contributed by atoms with Crippen LogP contribution in [0.4, 0.5) is 0 Å². The Morgan fingerprint density at radius 2 is 1.86 bits per heavy atom. The molecule has 108 valence electrons. The molecule has 0 saturated carbocycles. The maximum Gasteiger partial charge on any atom is 0.349 e. The van der Waals surface area contributed by atoms with Gasteiger partial charge in [-0.1, -0.05) is 18.2 Å². The highest BCUT2D eigenvalue weighted by Crippen LogP contribution is 2.30. The zero-order chi connectivity index (χ0) is 15.1. The number of fused-ring (bicyclic) bond motifs is 1. The zero-order valence-corrected chi connectivity index (χ0v) is 12.4. The van der Waals surface area contributed by atoms with E-state index in [4.69, 9.17) is 8.83 Å². The molecule has 0 amide bonds. The molecule has 5 nitrogen and oxygen atoms in total. The van der Waals surface area contributed by atoms with Crippen LogP contribution in [0.5, 0.6) is 0 Å². The fraction of sp³-hybridized carbons (Fsp3) is 0.0625. The van der Waals surface area contributed by atoms with Gasteiger partial charge in [-0.2, -0.15) is 0 Å². The fourth-order valence-electron chi connectivity index (χ4n) is 2.23. The van der Waals surface area contributed by atoms with E-state index >= 15 is 0 Å². The lowest BCUT2D eigenvalue weighted by molar-refractivity contribution is 0.547. The lowest BCUT2D eigenvalue weighted by Crippen LogP contribution is -2.02. The van der Waals surface area contributed by atoms with Crippen molar-refractivity contribution in [3.63, 3.8) is 0 Å². The number of rotatable bonds is 2. The lowest BCUT2D eigenvalue weighted by Gasteiger charge is -1.97. The van der Waals surface area contributed by atoms with Crippen molar-refractivity contribution >= 4 is 22.3 Å². The normalized spacial score (nSPS) is 11.1. The molecule has 0 unspecified atom stereocenters. The molecule has 0 radical (unpaired) electrons. The zero-order valence-electron chi connectivity index (χ0n) is 11.6. The largest absolute Gasteiger partial charge is 0.422 e. The maximum absolute atomic E-state index is 12.1. The lowest BCUT2D eigenvalue weighted by atomic mass is 10.2. The predicted octanol–water partition coefficient (Wildman–Crippen LogP) is 3.88. The van der Waals surface area contributed by atoms with Crippen LogP contribution in [0.25, 0.3) is 33.2 Å². The molecular weight excluding hydrogens is 300 g/mol. The van der Waals surface area contributed by atoms with Crippen molar-refractivity contribution in [1.82, 2.24) is 10.2 Å². The molecule has 0 saturated heterocycles. The van der Waals surface area contributed by atoms with Crippen molar-refractivity contribution in [3.05, 3.63) is 57.8 Å². The van der Waals surface area contributed by atoms with E-state index in [1.165, 1.54) is 11.3 Å². The maximum atomic E-state index is 12.1. The first-order valence-electron chi connectivity index (χ1n) is 6.63. The van der Waals surface area contributed by atoms with Crippen LogP contribution in [0.3, 0.4) is 0 Å². The highest BCUT2D eigenvalue weighted by atomic mass is 32.1. The molecule has 0 aliphatic rings. The molecular formula is C16H10N2O3S. The van der Waals surface area contributed by atoms with Crippen LogP contribution in [-0.2, 0) is 0 Å². The molecule has 3 aromatic heterocycles. The van der Waals surface area contributed by atoms with Gasteiger partial charge in [-0.3, -0.25) is 0 Å². The number of thiophene rings is 1. The summed E-state index contributed by atoms with van der Waals surface area (Å²) in [7, 11) is 0. The molecule has 0 atom stereocenters. The summed E-state index contributed by atoms with van der Waals surface area (Å²) in [6, 6.07) is 11.0. The Morgan fingerprint density at radius 3 is 2.68 bits per heavy atom. The van der Waals surface area contributed by atoms with E-state index in [0.717, 1.165) is 15.8 Å². The van der Waals surface area contributed by atoms with Gasteiger partial charge in [0.15, 0.2) is 0 Å². The second kappa shape index (κ2) is 4.92. The van der Waals surface area contributed by atoms with Crippen LogP contribution in [0.15, 0.2) is 55.4 Å².